The molecule has 1 aromatic carbocycles. The van der Waals surface area contributed by atoms with Gasteiger partial charge < -0.3 is 15.3 Å². The van der Waals surface area contributed by atoms with Crippen LogP contribution < -0.4 is 5.19 Å². The minimum absolute atomic E-state index is 0. The van der Waals surface area contributed by atoms with E-state index < -0.39 is 25.6 Å². The molecule has 0 aliphatic carbocycles. The number of rotatable bonds is 1. The summed E-state index contributed by atoms with van der Waals surface area (Å²) in [5.41, 5.74) is -1.50. The van der Waals surface area contributed by atoms with Crippen LogP contribution in [0.15, 0.2) is 24.3 Å². The van der Waals surface area contributed by atoms with Crippen LogP contribution in [0.4, 0.5) is 0 Å². The molecule has 1 aromatic rings. The Bertz CT molecular complexity index is 309. The molecule has 0 radical (unpaired) electrons. The molecule has 0 aliphatic heterocycles. The van der Waals surface area contributed by atoms with Crippen molar-refractivity contribution in [3.63, 3.8) is 0 Å². The Morgan fingerprint density at radius 2 is 0.792 bits per heavy atom. The zero-order valence-electron chi connectivity index (χ0n) is 17.7. The maximum atomic E-state index is 8.52. The van der Waals surface area contributed by atoms with Gasteiger partial charge in [-0.2, -0.15) is 17.3 Å². The molecule has 24 heavy (non-hydrogen) atoms. The minimum atomic E-state index is -0.500. The third-order valence-electron chi connectivity index (χ3n) is 1.36. The molecule has 0 bridgehead atoms. The van der Waals surface area contributed by atoms with Crippen LogP contribution in [0.25, 0.3) is 0 Å². The molecule has 0 aliphatic rings. The van der Waals surface area contributed by atoms with E-state index in [4.69, 9.17) is 15.3 Å². The molecule has 0 amide bonds. The molecule has 3 N–H and O–H groups in total. The third kappa shape index (κ3) is 79.1. The van der Waals surface area contributed by atoms with Gasteiger partial charge in [-0.05, 0) is 62.3 Å². The van der Waals surface area contributed by atoms with E-state index in [9.17, 15) is 0 Å². The Balaban J connectivity index is -0.000000113. The second-order valence-electron chi connectivity index (χ2n) is 8.89. The van der Waals surface area contributed by atoms with Gasteiger partial charge in [-0.25, -0.2) is 12.1 Å². The van der Waals surface area contributed by atoms with Gasteiger partial charge in [0.05, 0.1) is 16.8 Å². The fourth-order valence-corrected chi connectivity index (χ4v) is 1.77. The average molecular weight is 437 g/mol. The zero-order chi connectivity index (χ0) is 19.5. The summed E-state index contributed by atoms with van der Waals surface area (Å²) < 4.78 is 0. The van der Waals surface area contributed by atoms with Gasteiger partial charge >= 0.3 is 0 Å². The quantitative estimate of drug-likeness (QED) is 0.467. The van der Waals surface area contributed by atoms with Crippen molar-refractivity contribution in [3.05, 3.63) is 24.3 Å². The molecule has 0 heterocycles. The molecule has 0 spiro atoms. The van der Waals surface area contributed by atoms with Crippen molar-refractivity contribution >= 4 is 14.0 Å². The van der Waals surface area contributed by atoms with E-state index >= 15 is 0 Å². The summed E-state index contributed by atoms with van der Waals surface area (Å²) in [6.07, 6.45) is 0. The summed E-state index contributed by atoms with van der Waals surface area (Å²) in [4.78, 5) is 0. The first kappa shape index (κ1) is 32.0. The Morgan fingerprint density at radius 1 is 0.625 bits per heavy atom. The molecule has 144 valence electrons. The van der Waals surface area contributed by atoms with Gasteiger partial charge in [0.25, 0.3) is 0 Å². The van der Waals surface area contributed by atoms with Gasteiger partial charge in [-0.1, -0.05) is 13.1 Å². The molecule has 5 heteroatoms. The Hall–Kier alpha value is 0.330. The first-order valence-electron chi connectivity index (χ1n) is 8.19. The topological polar surface area (TPSA) is 60.7 Å². The minimum Gasteiger partial charge on any atom is -0.391 e. The van der Waals surface area contributed by atoms with Crippen LogP contribution in [0.3, 0.4) is 0 Å². The van der Waals surface area contributed by atoms with Crippen molar-refractivity contribution in [3.8, 4) is 0 Å². The van der Waals surface area contributed by atoms with E-state index in [1.807, 2.05) is 0 Å². The van der Waals surface area contributed by atoms with Crippen LogP contribution in [0, 0.1) is 0 Å². The summed E-state index contributed by atoms with van der Waals surface area (Å²) in [7, 11) is -0.480. The van der Waals surface area contributed by atoms with Gasteiger partial charge in [0.2, 0.25) is 0 Å². The smallest absolute Gasteiger partial charge is 0.0563 e. The average Bonchev–Trinajstić information content (AvgIpc) is 2.59. The molecule has 0 saturated carbocycles. The molecular weight excluding hydrogens is 396 g/mol. The zero-order valence-corrected chi connectivity index (χ0v) is 21.3. The van der Waals surface area contributed by atoms with E-state index in [1.165, 1.54) is 0 Å². The molecule has 0 aromatic heterocycles. The van der Waals surface area contributed by atoms with E-state index in [-0.39, 0.29) is 26.2 Å². The predicted molar refractivity (Wildman–Crippen MR) is 106 cm³/mol. The van der Waals surface area contributed by atoms with Crippen molar-refractivity contribution in [1.82, 2.24) is 0 Å². The van der Waals surface area contributed by atoms with Crippen molar-refractivity contribution in [2.45, 2.75) is 92.2 Å². The molecule has 0 fully saturated rings. The maximum absolute atomic E-state index is 8.52. The van der Waals surface area contributed by atoms with Crippen LogP contribution in [0.2, 0.25) is 13.1 Å². The van der Waals surface area contributed by atoms with Crippen molar-refractivity contribution in [2.75, 3.05) is 0 Å². The van der Waals surface area contributed by atoms with Crippen molar-refractivity contribution in [1.29, 1.82) is 0 Å². The Kier molecular flexibility index (Phi) is 19.4. The van der Waals surface area contributed by atoms with E-state index in [2.05, 4.69) is 37.4 Å². The molecule has 0 unspecified atom stereocenters. The van der Waals surface area contributed by atoms with Crippen LogP contribution >= 0.6 is 0 Å². The van der Waals surface area contributed by atoms with Crippen molar-refractivity contribution in [2.24, 2.45) is 0 Å². The molecule has 0 saturated heterocycles. The monoisotopic (exact) mass is 435 g/mol. The first-order chi connectivity index (χ1) is 9.80. The molecule has 3 nitrogen and oxygen atoms in total. The predicted octanol–water partition coefficient (Wildman–Crippen LogP) is 3.43. The molecular formula is C19H41O3SiZr-. The Morgan fingerprint density at radius 3 is 0.875 bits per heavy atom. The Labute approximate surface area is 171 Å². The van der Waals surface area contributed by atoms with E-state index in [0.717, 1.165) is 0 Å². The van der Waals surface area contributed by atoms with Crippen LogP contribution in [-0.2, 0) is 26.2 Å². The fraction of sp³-hybridized carbons (Fsp3) is 0.737. The largest absolute Gasteiger partial charge is 0.391 e. The maximum Gasteiger partial charge on any atom is 0.0563 e. The number of hydrogen-bond donors (Lipinski definition) is 3. The summed E-state index contributed by atoms with van der Waals surface area (Å²) in [6, 6.07) is 8.67. The second-order valence-corrected chi connectivity index (χ2v) is 11.9. The summed E-state index contributed by atoms with van der Waals surface area (Å²) in [5.74, 6) is 0. The number of hydrogen-bond acceptors (Lipinski definition) is 3. The van der Waals surface area contributed by atoms with Crippen molar-refractivity contribution < 1.29 is 41.5 Å². The standard InChI is InChI=1S/C7H11Si.3C4H10O.Zr/c1-8(2)7-5-3-4-6-7;3*1-4(2,3)5;/h3-6,8H,1-2H3;3*5H,1-3H3;/q-1;;;;. The summed E-state index contributed by atoms with van der Waals surface area (Å²) in [5, 5.41) is 27.1. The second kappa shape index (κ2) is 14.5. The third-order valence-corrected chi connectivity index (χ3v) is 3.07. The van der Waals surface area contributed by atoms with Crippen LogP contribution in [-0.4, -0.2) is 40.9 Å². The van der Waals surface area contributed by atoms with Gasteiger partial charge in [-0.3, -0.25) is 0 Å². The van der Waals surface area contributed by atoms with Crippen LogP contribution in [0.5, 0.6) is 0 Å². The SMILES string of the molecule is CC(C)(C)O.CC(C)(C)O.CC(C)(C)O.C[SiH](C)[c-]1cccc1.[Zr]. The van der Waals surface area contributed by atoms with E-state index in [0.29, 0.717) is 0 Å². The molecule has 0 atom stereocenters. The number of aliphatic hydroxyl groups is 3. The van der Waals surface area contributed by atoms with Crippen LogP contribution in [0.1, 0.15) is 62.3 Å². The van der Waals surface area contributed by atoms with E-state index in [1.54, 1.807) is 67.5 Å². The first-order valence-corrected chi connectivity index (χ1v) is 11.1. The summed E-state index contributed by atoms with van der Waals surface area (Å²) in [6.45, 7) is 20.4. The molecule has 1 rings (SSSR count). The van der Waals surface area contributed by atoms with Gasteiger partial charge in [-0.15, -0.1) is 0 Å². The van der Waals surface area contributed by atoms with Gasteiger partial charge in [0.15, 0.2) is 0 Å². The van der Waals surface area contributed by atoms with Gasteiger partial charge in [0.1, 0.15) is 0 Å². The van der Waals surface area contributed by atoms with Gasteiger partial charge in [0, 0.05) is 35.0 Å². The summed E-state index contributed by atoms with van der Waals surface area (Å²) >= 11 is 0. The normalized spacial score (nSPS) is 11.0. The fourth-order valence-electron chi connectivity index (χ4n) is 0.774.